The molecular formula is C11H10O4. The van der Waals surface area contributed by atoms with Gasteiger partial charge in [0.2, 0.25) is 0 Å². The smallest absolute Gasteiger partial charge is 0.322 e. The highest BCUT2D eigenvalue weighted by Crippen LogP contribution is 2.13. The van der Waals surface area contributed by atoms with Crippen molar-refractivity contribution in [1.29, 1.82) is 0 Å². The van der Waals surface area contributed by atoms with Crippen molar-refractivity contribution in [2.75, 3.05) is 0 Å². The van der Waals surface area contributed by atoms with Crippen molar-refractivity contribution in [3.05, 3.63) is 36.4 Å². The maximum Gasteiger partial charge on any atom is 0.322 e. The van der Waals surface area contributed by atoms with Gasteiger partial charge in [-0.15, -0.1) is 0 Å². The Morgan fingerprint density at radius 2 is 1.93 bits per heavy atom. The predicted molar refractivity (Wildman–Crippen MR) is 54.4 cm³/mol. The fraction of sp³-hybridized carbons (Fsp3) is 0.0909. The molecule has 0 atom stereocenters. The lowest BCUT2D eigenvalue weighted by Crippen LogP contribution is -2.13. The normalized spacial score (nSPS) is 9.33. The van der Waals surface area contributed by atoms with Crippen LogP contribution in [0.4, 0.5) is 0 Å². The lowest BCUT2D eigenvalue weighted by Gasteiger charge is -2.02. The second-order valence-electron chi connectivity index (χ2n) is 2.82. The predicted octanol–water partition coefficient (Wildman–Crippen LogP) is 1.71. The molecule has 0 aliphatic carbocycles. The molecule has 15 heavy (non-hydrogen) atoms. The molecular weight excluding hydrogens is 196 g/mol. The van der Waals surface area contributed by atoms with Gasteiger partial charge in [-0.3, -0.25) is 9.59 Å². The zero-order valence-corrected chi connectivity index (χ0v) is 7.97. The van der Waals surface area contributed by atoms with Crippen LogP contribution in [0, 0.1) is 0 Å². The Hall–Kier alpha value is -2.10. The largest absolute Gasteiger partial charge is 0.481 e. The van der Waals surface area contributed by atoms with Gasteiger partial charge in [-0.2, -0.15) is 0 Å². The molecule has 0 saturated heterocycles. The van der Waals surface area contributed by atoms with E-state index in [-0.39, 0.29) is 0 Å². The number of carboxylic acids is 1. The molecule has 0 saturated carbocycles. The van der Waals surface area contributed by atoms with Gasteiger partial charge in [0.15, 0.2) is 0 Å². The highest BCUT2D eigenvalue weighted by molar-refractivity contribution is 5.91. The summed E-state index contributed by atoms with van der Waals surface area (Å²) in [6.07, 6.45) is 1.02. The number of esters is 1. The molecule has 0 spiro atoms. The first kappa shape index (κ1) is 11.0. The van der Waals surface area contributed by atoms with Gasteiger partial charge >= 0.3 is 11.9 Å². The molecule has 0 aliphatic rings. The quantitative estimate of drug-likeness (QED) is 0.462. The maximum absolute atomic E-state index is 11.0. The molecule has 0 heterocycles. The van der Waals surface area contributed by atoms with Gasteiger partial charge in [0.1, 0.15) is 12.2 Å². The number of carbonyl (C=O) groups excluding carboxylic acids is 1. The summed E-state index contributed by atoms with van der Waals surface area (Å²) in [5.74, 6) is -1.66. The highest BCUT2D eigenvalue weighted by atomic mass is 16.5. The van der Waals surface area contributed by atoms with E-state index in [2.05, 4.69) is 6.58 Å². The number of aliphatic carboxylic acids is 1. The summed E-state index contributed by atoms with van der Waals surface area (Å²) in [7, 11) is 0. The molecule has 0 unspecified atom stereocenters. The summed E-state index contributed by atoms with van der Waals surface area (Å²) in [5.41, 5.74) is 0.896. The van der Waals surface area contributed by atoms with Gasteiger partial charge in [-0.1, -0.05) is 24.8 Å². The summed E-state index contributed by atoms with van der Waals surface area (Å²) < 4.78 is 4.77. The zero-order valence-electron chi connectivity index (χ0n) is 7.97. The second-order valence-corrected chi connectivity index (χ2v) is 2.82. The third-order valence-electron chi connectivity index (χ3n) is 1.64. The molecule has 0 amide bonds. The lowest BCUT2D eigenvalue weighted by molar-refractivity contribution is -0.145. The Kier molecular flexibility index (Phi) is 3.62. The first-order valence-electron chi connectivity index (χ1n) is 4.27. The summed E-state index contributed by atoms with van der Waals surface area (Å²) >= 11 is 0. The minimum Gasteiger partial charge on any atom is -0.481 e. The SMILES string of the molecule is C=Cc1ccc(OC(=O)CC(=O)O)cc1. The number of ether oxygens (including phenoxy) is 1. The second kappa shape index (κ2) is 4.95. The maximum atomic E-state index is 11.0. The van der Waals surface area contributed by atoms with Crippen LogP contribution in [0.15, 0.2) is 30.8 Å². The average Bonchev–Trinajstić information content (AvgIpc) is 2.17. The van der Waals surface area contributed by atoms with Crippen LogP contribution in [0.2, 0.25) is 0 Å². The monoisotopic (exact) mass is 206 g/mol. The van der Waals surface area contributed by atoms with E-state index in [0.29, 0.717) is 5.75 Å². The van der Waals surface area contributed by atoms with Crippen LogP contribution >= 0.6 is 0 Å². The molecule has 0 aromatic heterocycles. The minimum atomic E-state index is -1.21. The van der Waals surface area contributed by atoms with Gasteiger partial charge in [0.05, 0.1) is 0 Å². The van der Waals surface area contributed by atoms with Gasteiger partial charge in [-0.25, -0.2) is 0 Å². The van der Waals surface area contributed by atoms with Crippen LogP contribution in [0.25, 0.3) is 6.08 Å². The molecule has 1 aromatic carbocycles. The van der Waals surface area contributed by atoms with Crippen LogP contribution < -0.4 is 4.74 Å². The average molecular weight is 206 g/mol. The minimum absolute atomic E-state index is 0.326. The zero-order chi connectivity index (χ0) is 11.3. The molecule has 1 N–H and O–H groups in total. The highest BCUT2D eigenvalue weighted by Gasteiger charge is 2.09. The number of carbonyl (C=O) groups is 2. The molecule has 0 fully saturated rings. The van der Waals surface area contributed by atoms with E-state index in [1.807, 2.05) is 0 Å². The first-order chi connectivity index (χ1) is 7.11. The van der Waals surface area contributed by atoms with E-state index >= 15 is 0 Å². The van der Waals surface area contributed by atoms with Crippen LogP contribution in [0.5, 0.6) is 5.75 Å². The van der Waals surface area contributed by atoms with Crippen LogP contribution in [0.3, 0.4) is 0 Å². The lowest BCUT2D eigenvalue weighted by atomic mass is 10.2. The molecule has 1 aromatic rings. The standard InChI is InChI=1S/C11H10O4/c1-2-8-3-5-9(6-4-8)15-11(14)7-10(12)13/h2-6H,1,7H2,(H,12,13). The van der Waals surface area contributed by atoms with Crippen LogP contribution in [0.1, 0.15) is 12.0 Å². The number of hydrogen-bond donors (Lipinski definition) is 1. The van der Waals surface area contributed by atoms with E-state index in [4.69, 9.17) is 9.84 Å². The van der Waals surface area contributed by atoms with Gasteiger partial charge in [-0.05, 0) is 17.7 Å². The number of benzene rings is 1. The summed E-state index contributed by atoms with van der Waals surface area (Å²) in [4.78, 5) is 21.1. The van der Waals surface area contributed by atoms with Crippen molar-refractivity contribution in [3.63, 3.8) is 0 Å². The van der Waals surface area contributed by atoms with Crippen molar-refractivity contribution < 1.29 is 19.4 Å². The molecule has 0 aliphatic heterocycles. The van der Waals surface area contributed by atoms with E-state index in [9.17, 15) is 9.59 Å². The van der Waals surface area contributed by atoms with Crippen molar-refractivity contribution in [2.24, 2.45) is 0 Å². The molecule has 0 radical (unpaired) electrons. The molecule has 4 nitrogen and oxygen atoms in total. The van der Waals surface area contributed by atoms with Gasteiger partial charge in [0, 0.05) is 0 Å². The summed E-state index contributed by atoms with van der Waals surface area (Å²) in [6, 6.07) is 6.60. The number of hydrogen-bond acceptors (Lipinski definition) is 3. The third-order valence-corrected chi connectivity index (χ3v) is 1.64. The van der Waals surface area contributed by atoms with E-state index < -0.39 is 18.4 Å². The van der Waals surface area contributed by atoms with E-state index in [1.165, 1.54) is 0 Å². The summed E-state index contributed by atoms with van der Waals surface area (Å²) in [5, 5.41) is 8.33. The van der Waals surface area contributed by atoms with Crippen molar-refractivity contribution in [3.8, 4) is 5.75 Å². The van der Waals surface area contributed by atoms with Crippen molar-refractivity contribution >= 4 is 18.0 Å². The fourth-order valence-electron chi connectivity index (χ4n) is 0.963. The number of rotatable bonds is 4. The van der Waals surface area contributed by atoms with E-state index in [0.717, 1.165) is 5.56 Å². The fourth-order valence-corrected chi connectivity index (χ4v) is 0.963. The first-order valence-corrected chi connectivity index (χ1v) is 4.27. The van der Waals surface area contributed by atoms with Crippen LogP contribution in [-0.4, -0.2) is 17.0 Å². The van der Waals surface area contributed by atoms with Crippen LogP contribution in [-0.2, 0) is 9.59 Å². The molecule has 78 valence electrons. The van der Waals surface area contributed by atoms with E-state index in [1.54, 1.807) is 30.3 Å². The summed E-state index contributed by atoms with van der Waals surface area (Å²) in [6.45, 7) is 3.58. The Balaban J connectivity index is 2.61. The Labute approximate surface area is 86.8 Å². The van der Waals surface area contributed by atoms with Gasteiger partial charge in [0.25, 0.3) is 0 Å². The van der Waals surface area contributed by atoms with Crippen molar-refractivity contribution in [1.82, 2.24) is 0 Å². The third kappa shape index (κ3) is 3.64. The topological polar surface area (TPSA) is 63.6 Å². The molecule has 0 bridgehead atoms. The Morgan fingerprint density at radius 1 is 1.33 bits per heavy atom. The Bertz CT molecular complexity index is 378. The van der Waals surface area contributed by atoms with Gasteiger partial charge < -0.3 is 9.84 Å². The molecule has 1 rings (SSSR count). The van der Waals surface area contributed by atoms with Crippen molar-refractivity contribution in [2.45, 2.75) is 6.42 Å². The number of carboxylic acid groups (broad SMARTS) is 1. The Morgan fingerprint density at radius 3 is 2.40 bits per heavy atom. The molecule has 4 heteroatoms.